The number of quaternary nitrogens is 1. The smallest absolute Gasteiger partial charge is 0.0973 e. The molecule has 1 aliphatic rings. The molecule has 1 saturated heterocycles. The van der Waals surface area contributed by atoms with E-state index in [1.54, 1.807) is 0 Å². The van der Waals surface area contributed by atoms with Crippen molar-refractivity contribution in [3.05, 3.63) is 25.3 Å². The van der Waals surface area contributed by atoms with Gasteiger partial charge in [-0.1, -0.05) is 13.2 Å². The Bertz CT molecular complexity index is 240. The van der Waals surface area contributed by atoms with Crippen molar-refractivity contribution >= 4 is 5.97 Å². The van der Waals surface area contributed by atoms with Crippen LogP contribution in [0.25, 0.3) is 0 Å². The number of hydrogen-bond donors (Lipinski definition) is 0. The Balaban J connectivity index is 2.59. The molecule has 0 atom stereocenters. The molecule has 0 amide bonds. The molecular formula is C12H19NO2. The summed E-state index contributed by atoms with van der Waals surface area (Å²) in [5.41, 5.74) is 0. The van der Waals surface area contributed by atoms with Crippen LogP contribution in [0, 0.1) is 5.92 Å². The van der Waals surface area contributed by atoms with Crippen LogP contribution in [0.5, 0.6) is 0 Å². The largest absolute Gasteiger partial charge is 0.550 e. The molecule has 0 unspecified atom stereocenters. The molecule has 0 N–H and O–H groups in total. The van der Waals surface area contributed by atoms with Crippen molar-refractivity contribution in [1.29, 1.82) is 0 Å². The zero-order valence-electron chi connectivity index (χ0n) is 9.15. The Hall–Kier alpha value is -1.09. The molecule has 3 heteroatoms. The van der Waals surface area contributed by atoms with Crippen molar-refractivity contribution in [2.75, 3.05) is 26.2 Å². The number of nitrogens with zero attached hydrogens (tertiary/aromatic N) is 1. The third-order valence-corrected chi connectivity index (χ3v) is 3.27. The van der Waals surface area contributed by atoms with E-state index in [4.69, 9.17) is 0 Å². The third-order valence-electron chi connectivity index (χ3n) is 3.27. The number of hydrogen-bond acceptors (Lipinski definition) is 2. The normalized spacial score (nSPS) is 20.8. The lowest BCUT2D eigenvalue weighted by Gasteiger charge is -2.42. The molecule has 1 fully saturated rings. The fraction of sp³-hybridized carbons (Fsp3) is 0.583. The van der Waals surface area contributed by atoms with Crippen molar-refractivity contribution < 1.29 is 14.4 Å². The highest BCUT2D eigenvalue weighted by Crippen LogP contribution is 2.23. The van der Waals surface area contributed by atoms with Crippen LogP contribution in [0.15, 0.2) is 25.3 Å². The van der Waals surface area contributed by atoms with Gasteiger partial charge in [0.25, 0.3) is 0 Å². The molecule has 0 radical (unpaired) electrons. The molecule has 1 rings (SSSR count). The summed E-state index contributed by atoms with van der Waals surface area (Å²) in [7, 11) is 0. The van der Waals surface area contributed by atoms with Crippen LogP contribution in [0.1, 0.15) is 12.8 Å². The minimum Gasteiger partial charge on any atom is -0.550 e. The van der Waals surface area contributed by atoms with Crippen LogP contribution in [0.3, 0.4) is 0 Å². The van der Waals surface area contributed by atoms with E-state index in [0.29, 0.717) is 12.8 Å². The first kappa shape index (κ1) is 12.0. The fourth-order valence-electron chi connectivity index (χ4n) is 2.34. The molecule has 0 saturated carbocycles. The molecule has 1 heterocycles. The highest BCUT2D eigenvalue weighted by atomic mass is 16.4. The van der Waals surface area contributed by atoms with Gasteiger partial charge in [-0.3, -0.25) is 0 Å². The van der Waals surface area contributed by atoms with Gasteiger partial charge >= 0.3 is 0 Å². The molecule has 0 spiro atoms. The van der Waals surface area contributed by atoms with Gasteiger partial charge in [-0.05, 0) is 12.2 Å². The molecular weight excluding hydrogens is 190 g/mol. The SMILES string of the molecule is C=CC[N+]1(CC=C)CCC(C(=O)[O-])CC1. The number of piperidine rings is 1. The van der Waals surface area contributed by atoms with E-state index in [2.05, 4.69) is 13.2 Å². The minimum atomic E-state index is -0.898. The van der Waals surface area contributed by atoms with Crippen molar-refractivity contribution in [3.8, 4) is 0 Å². The van der Waals surface area contributed by atoms with Gasteiger partial charge in [-0.25, -0.2) is 0 Å². The number of carboxylic acid groups (broad SMARTS) is 1. The van der Waals surface area contributed by atoms with Crippen LogP contribution >= 0.6 is 0 Å². The van der Waals surface area contributed by atoms with Gasteiger partial charge in [0.1, 0.15) is 0 Å². The summed E-state index contributed by atoms with van der Waals surface area (Å²) in [6.45, 7) is 11.1. The Morgan fingerprint density at radius 1 is 1.27 bits per heavy atom. The molecule has 0 aliphatic carbocycles. The second-order valence-electron chi connectivity index (χ2n) is 4.32. The number of aliphatic carboxylic acids is 1. The van der Waals surface area contributed by atoms with Gasteiger partial charge in [0.2, 0.25) is 0 Å². The Morgan fingerprint density at radius 2 is 1.73 bits per heavy atom. The van der Waals surface area contributed by atoms with Crippen LogP contribution in [-0.2, 0) is 4.79 Å². The lowest BCUT2D eigenvalue weighted by atomic mass is 9.95. The quantitative estimate of drug-likeness (QED) is 0.484. The van der Waals surface area contributed by atoms with E-state index in [1.807, 2.05) is 12.2 Å². The highest BCUT2D eigenvalue weighted by molar-refractivity contribution is 5.67. The molecule has 0 aromatic heterocycles. The van der Waals surface area contributed by atoms with Gasteiger partial charge in [0.05, 0.1) is 26.2 Å². The Morgan fingerprint density at radius 3 is 2.07 bits per heavy atom. The van der Waals surface area contributed by atoms with Crippen molar-refractivity contribution in [2.24, 2.45) is 5.92 Å². The maximum atomic E-state index is 10.7. The minimum absolute atomic E-state index is 0.258. The molecule has 0 aromatic rings. The maximum absolute atomic E-state index is 10.7. The second-order valence-corrected chi connectivity index (χ2v) is 4.32. The van der Waals surface area contributed by atoms with Gasteiger partial charge in [0.15, 0.2) is 0 Å². The first-order valence-corrected chi connectivity index (χ1v) is 5.41. The maximum Gasteiger partial charge on any atom is 0.0973 e. The van der Waals surface area contributed by atoms with Crippen LogP contribution in [0.2, 0.25) is 0 Å². The standard InChI is InChI=1S/C12H19NO2/c1-3-7-13(8-4-2)9-5-11(6-10-13)12(14)15/h3-4,11H,1-2,5-10H2. The highest BCUT2D eigenvalue weighted by Gasteiger charge is 2.32. The van der Waals surface area contributed by atoms with Gasteiger partial charge < -0.3 is 14.4 Å². The van der Waals surface area contributed by atoms with Crippen LogP contribution in [0.4, 0.5) is 0 Å². The second kappa shape index (κ2) is 5.12. The summed E-state index contributed by atoms with van der Waals surface area (Å²) < 4.78 is 0.900. The molecule has 3 nitrogen and oxygen atoms in total. The van der Waals surface area contributed by atoms with E-state index in [1.165, 1.54) is 0 Å². The number of carboxylic acids is 1. The summed E-state index contributed by atoms with van der Waals surface area (Å²) in [4.78, 5) is 10.7. The first-order valence-electron chi connectivity index (χ1n) is 5.41. The summed E-state index contributed by atoms with van der Waals surface area (Å²) >= 11 is 0. The van der Waals surface area contributed by atoms with E-state index in [9.17, 15) is 9.90 Å². The average molecular weight is 209 g/mol. The third kappa shape index (κ3) is 2.93. The predicted octanol–water partition coefficient (Wildman–Crippen LogP) is 0.335. The van der Waals surface area contributed by atoms with E-state index >= 15 is 0 Å². The molecule has 84 valence electrons. The Labute approximate surface area is 91.3 Å². The van der Waals surface area contributed by atoms with Crippen LogP contribution < -0.4 is 5.11 Å². The summed E-state index contributed by atoms with van der Waals surface area (Å²) in [5.74, 6) is -1.16. The van der Waals surface area contributed by atoms with E-state index < -0.39 is 5.97 Å². The number of carbonyl (C=O) groups excluding carboxylic acids is 1. The van der Waals surface area contributed by atoms with Gasteiger partial charge in [-0.15, -0.1) is 0 Å². The number of likely N-dealkylation sites (tertiary alicyclic amines) is 1. The predicted molar refractivity (Wildman–Crippen MR) is 57.9 cm³/mol. The fourth-order valence-corrected chi connectivity index (χ4v) is 2.34. The zero-order chi connectivity index (χ0) is 11.3. The lowest BCUT2D eigenvalue weighted by molar-refractivity contribution is -0.922. The number of rotatable bonds is 5. The van der Waals surface area contributed by atoms with E-state index in [0.717, 1.165) is 30.7 Å². The molecule has 1 aliphatic heterocycles. The summed E-state index contributed by atoms with van der Waals surface area (Å²) in [6, 6.07) is 0. The Kier molecular flexibility index (Phi) is 4.09. The van der Waals surface area contributed by atoms with Crippen molar-refractivity contribution in [1.82, 2.24) is 0 Å². The lowest BCUT2D eigenvalue weighted by Crippen LogP contribution is -2.55. The topological polar surface area (TPSA) is 40.1 Å². The van der Waals surface area contributed by atoms with Crippen molar-refractivity contribution in [3.63, 3.8) is 0 Å². The van der Waals surface area contributed by atoms with Gasteiger partial charge in [0, 0.05) is 24.7 Å². The monoisotopic (exact) mass is 209 g/mol. The van der Waals surface area contributed by atoms with Crippen LogP contribution in [-0.4, -0.2) is 36.6 Å². The molecule has 15 heavy (non-hydrogen) atoms. The molecule has 0 bridgehead atoms. The molecule has 0 aromatic carbocycles. The summed E-state index contributed by atoms with van der Waals surface area (Å²) in [5, 5.41) is 10.7. The zero-order valence-corrected chi connectivity index (χ0v) is 9.15. The average Bonchev–Trinajstić information content (AvgIpc) is 2.19. The van der Waals surface area contributed by atoms with Crippen molar-refractivity contribution in [2.45, 2.75) is 12.8 Å². The van der Waals surface area contributed by atoms with E-state index in [-0.39, 0.29) is 5.92 Å². The summed E-state index contributed by atoms with van der Waals surface area (Å²) in [6.07, 6.45) is 5.24. The van der Waals surface area contributed by atoms with Gasteiger partial charge in [-0.2, -0.15) is 0 Å². The number of carbonyl (C=O) groups is 1. The first-order chi connectivity index (χ1) is 7.13.